The minimum absolute atomic E-state index is 0.0426. The van der Waals surface area contributed by atoms with Gasteiger partial charge in [0, 0.05) is 30.7 Å². The summed E-state index contributed by atoms with van der Waals surface area (Å²) in [4.78, 5) is 1.94. The third-order valence-corrected chi connectivity index (χ3v) is 3.76. The van der Waals surface area contributed by atoms with Crippen molar-refractivity contribution in [3.05, 3.63) is 29.8 Å². The molecule has 3 unspecified atom stereocenters. The second-order valence-electron chi connectivity index (χ2n) is 5.45. The van der Waals surface area contributed by atoms with Gasteiger partial charge in [-0.1, -0.05) is 0 Å². The van der Waals surface area contributed by atoms with Crippen molar-refractivity contribution in [2.24, 2.45) is 11.7 Å². The fourth-order valence-electron chi connectivity index (χ4n) is 2.60. The van der Waals surface area contributed by atoms with Crippen LogP contribution in [0, 0.1) is 5.92 Å². The Morgan fingerprint density at radius 2 is 1.85 bits per heavy atom. The number of halogens is 3. The highest BCUT2D eigenvalue weighted by molar-refractivity contribution is 5.48. The van der Waals surface area contributed by atoms with Crippen LogP contribution in [0.25, 0.3) is 0 Å². The highest BCUT2D eigenvalue weighted by Crippen LogP contribution is 2.31. The van der Waals surface area contributed by atoms with Gasteiger partial charge >= 0.3 is 6.18 Å². The molecule has 6 heteroatoms. The lowest BCUT2D eigenvalue weighted by molar-refractivity contribution is -0.137. The number of anilines is 1. The molecule has 1 saturated heterocycles. The summed E-state index contributed by atoms with van der Waals surface area (Å²) in [6, 6.07) is 4.99. The van der Waals surface area contributed by atoms with E-state index in [1.165, 1.54) is 12.1 Å². The number of benzene rings is 1. The molecule has 0 amide bonds. The summed E-state index contributed by atoms with van der Waals surface area (Å²) in [7, 11) is 0. The predicted octanol–water partition coefficient (Wildman–Crippen LogP) is 2.24. The molecule has 3 atom stereocenters. The van der Waals surface area contributed by atoms with Gasteiger partial charge in [-0.05, 0) is 37.6 Å². The molecule has 1 aliphatic heterocycles. The van der Waals surface area contributed by atoms with Crippen LogP contribution in [0.4, 0.5) is 18.9 Å². The Balaban J connectivity index is 2.14. The van der Waals surface area contributed by atoms with E-state index in [4.69, 9.17) is 5.73 Å². The van der Waals surface area contributed by atoms with Gasteiger partial charge in [-0.3, -0.25) is 0 Å². The number of nitrogens with two attached hydrogens (primary N) is 1. The Kier molecular flexibility index (Phi) is 4.25. The zero-order valence-corrected chi connectivity index (χ0v) is 11.3. The Labute approximate surface area is 116 Å². The van der Waals surface area contributed by atoms with Crippen LogP contribution in [0.1, 0.15) is 18.9 Å². The van der Waals surface area contributed by atoms with Gasteiger partial charge in [0.15, 0.2) is 0 Å². The van der Waals surface area contributed by atoms with E-state index in [2.05, 4.69) is 0 Å². The third-order valence-electron chi connectivity index (χ3n) is 3.76. The summed E-state index contributed by atoms with van der Waals surface area (Å²) in [5, 5.41) is 9.68. The van der Waals surface area contributed by atoms with Crippen LogP contribution in [-0.2, 0) is 6.18 Å². The predicted molar refractivity (Wildman–Crippen MR) is 71.4 cm³/mol. The lowest BCUT2D eigenvalue weighted by atomic mass is 9.90. The van der Waals surface area contributed by atoms with Crippen molar-refractivity contribution >= 4 is 5.69 Å². The lowest BCUT2D eigenvalue weighted by Gasteiger charge is -2.39. The van der Waals surface area contributed by atoms with Crippen molar-refractivity contribution in [3.63, 3.8) is 0 Å². The summed E-state index contributed by atoms with van der Waals surface area (Å²) < 4.78 is 37.6. The van der Waals surface area contributed by atoms with Gasteiger partial charge in [0.1, 0.15) is 0 Å². The number of alkyl halides is 3. The number of nitrogens with zero attached hydrogens (tertiary/aromatic N) is 1. The molecule has 1 heterocycles. The molecule has 0 bridgehead atoms. The zero-order chi connectivity index (χ0) is 14.9. The fourth-order valence-corrected chi connectivity index (χ4v) is 2.60. The SMILES string of the molecule is CC(O)C1CC(N)CN(c2ccc(C(F)(F)F)cc2)C1. The van der Waals surface area contributed by atoms with E-state index in [0.29, 0.717) is 18.8 Å². The Morgan fingerprint density at radius 3 is 2.35 bits per heavy atom. The summed E-state index contributed by atoms with van der Waals surface area (Å²) in [5.74, 6) is 0.0426. The van der Waals surface area contributed by atoms with E-state index in [0.717, 1.165) is 18.6 Å². The van der Waals surface area contributed by atoms with Crippen LogP contribution in [0.2, 0.25) is 0 Å². The molecule has 20 heavy (non-hydrogen) atoms. The van der Waals surface area contributed by atoms with Crippen molar-refractivity contribution in [2.45, 2.75) is 31.7 Å². The molecule has 1 fully saturated rings. The monoisotopic (exact) mass is 288 g/mol. The van der Waals surface area contributed by atoms with Crippen molar-refractivity contribution in [2.75, 3.05) is 18.0 Å². The lowest BCUT2D eigenvalue weighted by Crippen LogP contribution is -2.49. The van der Waals surface area contributed by atoms with Crippen molar-refractivity contribution in [3.8, 4) is 0 Å². The van der Waals surface area contributed by atoms with Crippen LogP contribution < -0.4 is 10.6 Å². The van der Waals surface area contributed by atoms with Crippen LogP contribution in [0.15, 0.2) is 24.3 Å². The molecule has 0 saturated carbocycles. The molecule has 0 spiro atoms. The van der Waals surface area contributed by atoms with E-state index in [-0.39, 0.29) is 12.0 Å². The quantitative estimate of drug-likeness (QED) is 0.877. The van der Waals surface area contributed by atoms with E-state index < -0.39 is 17.8 Å². The number of rotatable bonds is 2. The molecular formula is C14H19F3N2O. The first-order valence-corrected chi connectivity index (χ1v) is 6.63. The average molecular weight is 288 g/mol. The van der Waals surface area contributed by atoms with Crippen LogP contribution >= 0.6 is 0 Å². The summed E-state index contributed by atoms with van der Waals surface area (Å²) in [6.45, 7) is 2.92. The van der Waals surface area contributed by atoms with Crippen molar-refractivity contribution in [1.29, 1.82) is 0 Å². The maximum Gasteiger partial charge on any atom is 0.416 e. The van der Waals surface area contributed by atoms with Gasteiger partial charge in [0.2, 0.25) is 0 Å². The van der Waals surface area contributed by atoms with Gasteiger partial charge in [0.05, 0.1) is 11.7 Å². The second-order valence-corrected chi connectivity index (χ2v) is 5.45. The minimum Gasteiger partial charge on any atom is -0.393 e. The molecule has 0 aliphatic carbocycles. The molecular weight excluding hydrogens is 269 g/mol. The smallest absolute Gasteiger partial charge is 0.393 e. The first kappa shape index (κ1) is 15.1. The molecule has 1 aromatic rings. The van der Waals surface area contributed by atoms with Crippen LogP contribution in [0.3, 0.4) is 0 Å². The van der Waals surface area contributed by atoms with Gasteiger partial charge < -0.3 is 15.7 Å². The Hall–Kier alpha value is -1.27. The molecule has 1 aliphatic rings. The number of piperidine rings is 1. The van der Waals surface area contributed by atoms with Crippen molar-refractivity contribution < 1.29 is 18.3 Å². The van der Waals surface area contributed by atoms with Gasteiger partial charge in [-0.25, -0.2) is 0 Å². The molecule has 1 aromatic carbocycles. The largest absolute Gasteiger partial charge is 0.416 e. The third kappa shape index (κ3) is 3.43. The minimum atomic E-state index is -4.32. The van der Waals surface area contributed by atoms with E-state index in [1.54, 1.807) is 6.92 Å². The molecule has 0 aromatic heterocycles. The topological polar surface area (TPSA) is 49.5 Å². The second kappa shape index (κ2) is 5.61. The first-order valence-electron chi connectivity index (χ1n) is 6.63. The molecule has 3 nitrogen and oxygen atoms in total. The Morgan fingerprint density at radius 1 is 1.25 bits per heavy atom. The molecule has 112 valence electrons. The van der Waals surface area contributed by atoms with Crippen molar-refractivity contribution in [1.82, 2.24) is 0 Å². The van der Waals surface area contributed by atoms with Gasteiger partial charge in [0.25, 0.3) is 0 Å². The standard InChI is InChI=1S/C14H19F3N2O/c1-9(20)10-6-12(18)8-19(7-10)13-4-2-11(3-5-13)14(15,16)17/h2-5,9-10,12,20H,6-8,18H2,1H3. The molecule has 0 radical (unpaired) electrons. The fraction of sp³-hybridized carbons (Fsp3) is 0.571. The summed E-state index contributed by atoms with van der Waals surface area (Å²) in [6.07, 6.45) is -4.06. The molecule has 2 rings (SSSR count). The zero-order valence-electron chi connectivity index (χ0n) is 11.3. The van der Waals surface area contributed by atoms with Crippen LogP contribution in [0.5, 0.6) is 0 Å². The summed E-state index contributed by atoms with van der Waals surface area (Å²) in [5.41, 5.74) is 6.01. The number of aliphatic hydroxyl groups is 1. The highest BCUT2D eigenvalue weighted by atomic mass is 19.4. The number of hydrogen-bond acceptors (Lipinski definition) is 3. The summed E-state index contributed by atoms with van der Waals surface area (Å²) >= 11 is 0. The molecule has 3 N–H and O–H groups in total. The van der Waals surface area contributed by atoms with Gasteiger partial charge in [-0.15, -0.1) is 0 Å². The van der Waals surface area contributed by atoms with Crippen LogP contribution in [-0.4, -0.2) is 30.3 Å². The number of hydrogen-bond donors (Lipinski definition) is 2. The van der Waals surface area contributed by atoms with Gasteiger partial charge in [-0.2, -0.15) is 13.2 Å². The van der Waals surface area contributed by atoms with E-state index in [9.17, 15) is 18.3 Å². The Bertz CT molecular complexity index is 445. The van der Waals surface area contributed by atoms with E-state index >= 15 is 0 Å². The van der Waals surface area contributed by atoms with E-state index in [1.807, 2.05) is 4.90 Å². The normalized spacial score (nSPS) is 25.6. The average Bonchev–Trinajstić information content (AvgIpc) is 2.37. The number of aliphatic hydroxyl groups excluding tert-OH is 1. The maximum absolute atomic E-state index is 12.5. The first-order chi connectivity index (χ1) is 9.27. The highest BCUT2D eigenvalue weighted by Gasteiger charge is 2.31. The maximum atomic E-state index is 12.5.